The van der Waals surface area contributed by atoms with Gasteiger partial charge >= 0.3 is 0 Å². The fourth-order valence-electron chi connectivity index (χ4n) is 3.92. The van der Waals surface area contributed by atoms with E-state index < -0.39 is 0 Å². The number of methoxy groups -OCH3 is 1. The first kappa shape index (κ1) is 20.3. The molecule has 0 saturated carbocycles. The highest BCUT2D eigenvalue weighted by Gasteiger charge is 2.25. The van der Waals surface area contributed by atoms with Gasteiger partial charge in [-0.05, 0) is 24.3 Å². The number of benzene rings is 1. The Hall–Kier alpha value is -3.59. The lowest BCUT2D eigenvalue weighted by molar-refractivity contribution is -0.132. The van der Waals surface area contributed by atoms with Crippen molar-refractivity contribution in [3.8, 4) is 17.3 Å². The van der Waals surface area contributed by atoms with E-state index in [1.807, 2.05) is 35.2 Å². The van der Waals surface area contributed by atoms with Crippen LogP contribution in [-0.4, -0.2) is 63.8 Å². The summed E-state index contributed by atoms with van der Waals surface area (Å²) in [6.07, 6.45) is 4.75. The molecule has 3 aromatic heterocycles. The topological polar surface area (TPSA) is 89.5 Å². The van der Waals surface area contributed by atoms with Gasteiger partial charge in [0.1, 0.15) is 29.6 Å². The van der Waals surface area contributed by atoms with E-state index in [0.29, 0.717) is 59.6 Å². The number of piperazine rings is 1. The van der Waals surface area contributed by atoms with E-state index in [1.54, 1.807) is 24.2 Å². The second-order valence-electron chi connectivity index (χ2n) is 7.40. The molecule has 1 aromatic carbocycles. The molecule has 0 aliphatic carbocycles. The second-order valence-corrected chi connectivity index (χ2v) is 7.81. The number of oxazole rings is 1. The van der Waals surface area contributed by atoms with E-state index in [2.05, 4.69) is 20.0 Å². The number of aromatic nitrogens is 4. The molecule has 0 bridgehead atoms. The smallest absolute Gasteiger partial charge is 0.246 e. The molecule has 0 atom stereocenters. The number of halogens is 1. The summed E-state index contributed by atoms with van der Waals surface area (Å²) >= 11 is 6.14. The number of hydrogen-bond donors (Lipinski definition) is 0. The average molecular weight is 453 g/mol. The van der Waals surface area contributed by atoms with Crippen LogP contribution in [0.15, 0.2) is 53.4 Å². The average Bonchev–Trinajstić information content (AvgIpc) is 3.47. The first-order valence-corrected chi connectivity index (χ1v) is 10.6. The normalized spacial score (nSPS) is 14.2. The zero-order valence-electron chi connectivity index (χ0n) is 17.4. The van der Waals surface area contributed by atoms with Crippen LogP contribution in [0.2, 0.25) is 5.02 Å². The predicted molar refractivity (Wildman–Crippen MR) is 120 cm³/mol. The van der Waals surface area contributed by atoms with E-state index in [4.69, 9.17) is 20.8 Å². The number of amides is 1. The van der Waals surface area contributed by atoms with E-state index in [1.165, 1.54) is 6.26 Å². The van der Waals surface area contributed by atoms with Crippen molar-refractivity contribution in [3.05, 3.63) is 54.0 Å². The Bertz CT molecular complexity index is 1250. The number of ether oxygens (including phenoxy) is 1. The lowest BCUT2D eigenvalue weighted by atomic mass is 10.2. The third kappa shape index (κ3) is 3.75. The monoisotopic (exact) mass is 452 g/mol. The van der Waals surface area contributed by atoms with Crippen molar-refractivity contribution in [2.75, 3.05) is 38.2 Å². The molecular weight excluding hydrogens is 432 g/mol. The van der Waals surface area contributed by atoms with Gasteiger partial charge in [0, 0.05) is 44.1 Å². The molecule has 164 valence electrons. The third-order valence-corrected chi connectivity index (χ3v) is 5.86. The highest BCUT2D eigenvalue weighted by Crippen LogP contribution is 2.30. The van der Waals surface area contributed by atoms with Crippen molar-refractivity contribution >= 4 is 34.2 Å². The van der Waals surface area contributed by atoms with Crippen molar-refractivity contribution in [1.82, 2.24) is 24.6 Å². The van der Waals surface area contributed by atoms with Crippen molar-refractivity contribution in [2.45, 2.75) is 6.54 Å². The maximum Gasteiger partial charge on any atom is 0.246 e. The fraction of sp³-hybridized carbons (Fsp3) is 0.273. The van der Waals surface area contributed by atoms with Crippen LogP contribution in [0.1, 0.15) is 0 Å². The van der Waals surface area contributed by atoms with Crippen LogP contribution >= 0.6 is 11.6 Å². The lowest BCUT2D eigenvalue weighted by Crippen LogP contribution is -2.49. The molecule has 4 heterocycles. The van der Waals surface area contributed by atoms with Gasteiger partial charge in [-0.25, -0.2) is 9.67 Å². The Balaban J connectivity index is 1.31. The molecule has 10 heteroatoms. The van der Waals surface area contributed by atoms with Crippen molar-refractivity contribution in [1.29, 1.82) is 0 Å². The molecule has 9 nitrogen and oxygen atoms in total. The molecule has 5 rings (SSSR count). The van der Waals surface area contributed by atoms with Crippen LogP contribution in [0.25, 0.3) is 22.6 Å². The van der Waals surface area contributed by atoms with E-state index in [-0.39, 0.29) is 12.5 Å². The Kier molecular flexibility index (Phi) is 5.40. The zero-order valence-corrected chi connectivity index (χ0v) is 18.2. The minimum atomic E-state index is -0.0149. The molecular formula is C22H21ClN6O3. The summed E-state index contributed by atoms with van der Waals surface area (Å²) in [6, 6.07) is 9.38. The van der Waals surface area contributed by atoms with Gasteiger partial charge < -0.3 is 19.0 Å². The molecule has 1 fully saturated rings. The number of nitrogens with zero attached hydrogens (tertiary/aromatic N) is 6. The Morgan fingerprint density at radius 3 is 2.75 bits per heavy atom. The standard InChI is InChI=1S/C22H21ClN6O3/c1-31-18-13-15(4-5-16(18)23)27-8-10-28(11-9-27)19(30)14-29-21(22-25-7-12-32-22)20-17(26-29)3-2-6-24-20/h2-7,12-13H,8-11,14H2,1H3. The molecule has 1 amide bonds. The van der Waals surface area contributed by atoms with Gasteiger partial charge in [-0.3, -0.25) is 9.78 Å². The van der Waals surface area contributed by atoms with Gasteiger partial charge in [0.25, 0.3) is 0 Å². The molecule has 0 spiro atoms. The van der Waals surface area contributed by atoms with Crippen LogP contribution < -0.4 is 9.64 Å². The van der Waals surface area contributed by atoms with Gasteiger partial charge in [0.15, 0.2) is 5.69 Å². The van der Waals surface area contributed by atoms with Crippen molar-refractivity contribution in [3.63, 3.8) is 0 Å². The molecule has 32 heavy (non-hydrogen) atoms. The van der Waals surface area contributed by atoms with Crippen LogP contribution in [0, 0.1) is 0 Å². The number of carbonyl (C=O) groups excluding carboxylic acids is 1. The van der Waals surface area contributed by atoms with Crippen molar-refractivity contribution in [2.24, 2.45) is 0 Å². The van der Waals surface area contributed by atoms with Gasteiger partial charge in [-0.1, -0.05) is 11.6 Å². The van der Waals surface area contributed by atoms with Crippen LogP contribution in [0.4, 0.5) is 5.69 Å². The zero-order chi connectivity index (χ0) is 22.1. The molecule has 1 saturated heterocycles. The summed E-state index contributed by atoms with van der Waals surface area (Å²) in [5.74, 6) is 1.01. The molecule has 0 N–H and O–H groups in total. The summed E-state index contributed by atoms with van der Waals surface area (Å²) in [4.78, 5) is 25.8. The number of carbonyl (C=O) groups is 1. The first-order valence-electron chi connectivity index (χ1n) is 10.2. The molecule has 4 aromatic rings. The minimum absolute atomic E-state index is 0.0149. The summed E-state index contributed by atoms with van der Waals surface area (Å²) in [6.45, 7) is 2.73. The molecule has 1 aliphatic heterocycles. The maximum absolute atomic E-state index is 13.1. The van der Waals surface area contributed by atoms with Gasteiger partial charge in [0.05, 0.1) is 18.3 Å². The molecule has 1 aliphatic rings. The number of anilines is 1. The van der Waals surface area contributed by atoms with Crippen LogP contribution in [0.5, 0.6) is 5.75 Å². The number of rotatable bonds is 5. The summed E-state index contributed by atoms with van der Waals surface area (Å²) in [7, 11) is 1.60. The number of pyridine rings is 1. The first-order chi connectivity index (χ1) is 15.6. The largest absolute Gasteiger partial charge is 0.495 e. The highest BCUT2D eigenvalue weighted by molar-refractivity contribution is 6.32. The Morgan fingerprint density at radius 2 is 2.00 bits per heavy atom. The van der Waals surface area contributed by atoms with Crippen molar-refractivity contribution < 1.29 is 13.9 Å². The number of fused-ring (bicyclic) bond motifs is 1. The van der Waals surface area contributed by atoms with Gasteiger partial charge in [-0.2, -0.15) is 5.10 Å². The summed E-state index contributed by atoms with van der Waals surface area (Å²) < 4.78 is 12.4. The third-order valence-electron chi connectivity index (χ3n) is 5.55. The second kappa shape index (κ2) is 8.51. The van der Waals surface area contributed by atoms with Crippen LogP contribution in [0.3, 0.4) is 0 Å². The van der Waals surface area contributed by atoms with E-state index >= 15 is 0 Å². The van der Waals surface area contributed by atoms with E-state index in [0.717, 1.165) is 5.69 Å². The minimum Gasteiger partial charge on any atom is -0.495 e. The molecule has 0 unspecified atom stereocenters. The predicted octanol–water partition coefficient (Wildman–Crippen LogP) is 3.10. The summed E-state index contributed by atoms with van der Waals surface area (Å²) in [5, 5.41) is 5.14. The molecule has 0 radical (unpaired) electrons. The van der Waals surface area contributed by atoms with Gasteiger partial charge in [0.2, 0.25) is 11.8 Å². The van der Waals surface area contributed by atoms with Gasteiger partial charge in [-0.15, -0.1) is 0 Å². The van der Waals surface area contributed by atoms with Crippen LogP contribution in [-0.2, 0) is 11.3 Å². The Morgan fingerprint density at radius 1 is 1.16 bits per heavy atom. The lowest BCUT2D eigenvalue weighted by Gasteiger charge is -2.36. The number of hydrogen-bond acceptors (Lipinski definition) is 7. The SMILES string of the molecule is COc1cc(N2CCN(C(=O)Cn3nc4cccnc4c3-c3ncco3)CC2)ccc1Cl. The maximum atomic E-state index is 13.1. The van der Waals surface area contributed by atoms with E-state index in [9.17, 15) is 4.79 Å². The highest BCUT2D eigenvalue weighted by atomic mass is 35.5. The summed E-state index contributed by atoms with van der Waals surface area (Å²) in [5.41, 5.74) is 2.97. The quantitative estimate of drug-likeness (QED) is 0.459. The Labute approximate surface area is 189 Å². The fourth-order valence-corrected chi connectivity index (χ4v) is 4.11.